The van der Waals surface area contributed by atoms with Gasteiger partial charge >= 0.3 is 0 Å². The Morgan fingerprint density at radius 3 is 2.50 bits per heavy atom. The van der Waals surface area contributed by atoms with E-state index in [2.05, 4.69) is 37.9 Å². The zero-order chi connectivity index (χ0) is 14.6. The summed E-state index contributed by atoms with van der Waals surface area (Å²) < 4.78 is 5.75. The van der Waals surface area contributed by atoms with Crippen molar-refractivity contribution in [3.8, 4) is 0 Å². The summed E-state index contributed by atoms with van der Waals surface area (Å²) in [6.07, 6.45) is 4.10. The van der Waals surface area contributed by atoms with Crippen molar-refractivity contribution in [2.75, 3.05) is 39.4 Å². The second kappa shape index (κ2) is 7.24. The van der Waals surface area contributed by atoms with Crippen molar-refractivity contribution in [3.63, 3.8) is 0 Å². The van der Waals surface area contributed by atoms with E-state index < -0.39 is 0 Å². The van der Waals surface area contributed by atoms with Crippen LogP contribution >= 0.6 is 0 Å². The normalized spacial score (nSPS) is 27.1. The van der Waals surface area contributed by atoms with Crippen molar-refractivity contribution in [2.45, 2.75) is 53.0 Å². The van der Waals surface area contributed by atoms with E-state index in [-0.39, 0.29) is 0 Å². The number of hydrogen-bond donors (Lipinski definition) is 1. The van der Waals surface area contributed by atoms with Crippen LogP contribution in [0.2, 0.25) is 0 Å². The summed E-state index contributed by atoms with van der Waals surface area (Å²) in [7, 11) is 0. The van der Waals surface area contributed by atoms with Gasteiger partial charge in [-0.2, -0.15) is 0 Å². The monoisotopic (exact) mass is 282 g/mol. The zero-order valence-corrected chi connectivity index (χ0v) is 14.0. The second-order valence-electron chi connectivity index (χ2n) is 7.79. The summed E-state index contributed by atoms with van der Waals surface area (Å²) in [6, 6.07) is 0.651. The molecular weight excluding hydrogens is 248 g/mol. The molecular formula is C17H34N2O. The summed E-state index contributed by atoms with van der Waals surface area (Å²) in [4.78, 5) is 2.70. The Bertz CT molecular complexity index is 281. The predicted molar refractivity (Wildman–Crippen MR) is 85.0 cm³/mol. The Morgan fingerprint density at radius 2 is 2.00 bits per heavy atom. The summed E-state index contributed by atoms with van der Waals surface area (Å²) in [5.41, 5.74) is 0.341. The largest absolute Gasteiger partial charge is 0.381 e. The van der Waals surface area contributed by atoms with Crippen LogP contribution in [0.1, 0.15) is 47.0 Å². The smallest absolute Gasteiger partial charge is 0.0547 e. The number of hydrogen-bond acceptors (Lipinski definition) is 3. The van der Waals surface area contributed by atoms with E-state index in [9.17, 15) is 0 Å². The first-order valence-electron chi connectivity index (χ1n) is 8.53. The molecule has 20 heavy (non-hydrogen) atoms. The molecule has 0 radical (unpaired) electrons. The Balaban J connectivity index is 1.88. The van der Waals surface area contributed by atoms with Crippen LogP contribution in [0.5, 0.6) is 0 Å². The molecule has 0 amide bonds. The van der Waals surface area contributed by atoms with Crippen LogP contribution in [0, 0.1) is 17.3 Å². The van der Waals surface area contributed by atoms with Gasteiger partial charge in [0, 0.05) is 37.7 Å². The molecule has 1 aliphatic heterocycles. The Hall–Kier alpha value is -0.120. The molecule has 1 aliphatic carbocycles. The number of nitrogens with zero attached hydrogens (tertiary/aromatic N) is 1. The SMILES string of the molecule is CC(C)CNCC1(CN(CC2CC2)C(C)C)CCOC1. The van der Waals surface area contributed by atoms with E-state index in [4.69, 9.17) is 4.74 Å². The maximum Gasteiger partial charge on any atom is 0.0547 e. The van der Waals surface area contributed by atoms with E-state index in [1.54, 1.807) is 0 Å². The van der Waals surface area contributed by atoms with E-state index in [0.29, 0.717) is 11.5 Å². The molecule has 2 aliphatic rings. The second-order valence-corrected chi connectivity index (χ2v) is 7.79. The average Bonchev–Trinajstić information content (AvgIpc) is 3.07. The molecule has 0 aromatic heterocycles. The molecule has 1 saturated heterocycles. The van der Waals surface area contributed by atoms with Crippen LogP contribution in [-0.2, 0) is 4.74 Å². The van der Waals surface area contributed by atoms with Crippen molar-refractivity contribution >= 4 is 0 Å². The van der Waals surface area contributed by atoms with Crippen molar-refractivity contribution in [3.05, 3.63) is 0 Å². The Morgan fingerprint density at radius 1 is 1.25 bits per heavy atom. The van der Waals surface area contributed by atoms with E-state index in [1.807, 2.05) is 0 Å². The third-order valence-corrected chi connectivity index (χ3v) is 4.70. The van der Waals surface area contributed by atoms with Gasteiger partial charge in [-0.1, -0.05) is 13.8 Å². The van der Waals surface area contributed by atoms with Crippen LogP contribution in [0.4, 0.5) is 0 Å². The minimum Gasteiger partial charge on any atom is -0.381 e. The fourth-order valence-electron chi connectivity index (χ4n) is 3.12. The van der Waals surface area contributed by atoms with Gasteiger partial charge in [0.25, 0.3) is 0 Å². The molecule has 1 saturated carbocycles. The van der Waals surface area contributed by atoms with Gasteiger partial charge in [0.05, 0.1) is 6.61 Å². The summed E-state index contributed by atoms with van der Waals surface area (Å²) in [6.45, 7) is 15.8. The van der Waals surface area contributed by atoms with Crippen molar-refractivity contribution in [1.29, 1.82) is 0 Å². The highest BCUT2D eigenvalue weighted by atomic mass is 16.5. The summed E-state index contributed by atoms with van der Waals surface area (Å²) in [5.74, 6) is 1.70. The van der Waals surface area contributed by atoms with Crippen molar-refractivity contribution in [1.82, 2.24) is 10.2 Å². The minimum atomic E-state index is 0.341. The summed E-state index contributed by atoms with van der Waals surface area (Å²) >= 11 is 0. The van der Waals surface area contributed by atoms with Crippen LogP contribution < -0.4 is 5.32 Å². The highest BCUT2D eigenvalue weighted by Crippen LogP contribution is 2.34. The van der Waals surface area contributed by atoms with Crippen molar-refractivity contribution < 1.29 is 4.74 Å². The first-order valence-corrected chi connectivity index (χ1v) is 8.53. The van der Waals surface area contributed by atoms with Gasteiger partial charge in [-0.15, -0.1) is 0 Å². The molecule has 0 bridgehead atoms. The van der Waals surface area contributed by atoms with Gasteiger partial charge < -0.3 is 10.1 Å². The molecule has 2 fully saturated rings. The quantitative estimate of drug-likeness (QED) is 0.704. The zero-order valence-electron chi connectivity index (χ0n) is 14.0. The Kier molecular flexibility index (Phi) is 5.88. The molecule has 3 nitrogen and oxygen atoms in total. The lowest BCUT2D eigenvalue weighted by atomic mass is 9.85. The number of rotatable bonds is 9. The first kappa shape index (κ1) is 16.3. The third kappa shape index (κ3) is 5.01. The lowest BCUT2D eigenvalue weighted by Crippen LogP contribution is -2.48. The molecule has 0 spiro atoms. The molecule has 1 unspecified atom stereocenters. The lowest BCUT2D eigenvalue weighted by Gasteiger charge is -2.37. The topological polar surface area (TPSA) is 24.5 Å². The predicted octanol–water partition coefficient (Wildman–Crippen LogP) is 2.76. The maximum absolute atomic E-state index is 5.75. The molecule has 2 rings (SSSR count). The first-order chi connectivity index (χ1) is 9.51. The highest BCUT2D eigenvalue weighted by Gasteiger charge is 2.38. The van der Waals surface area contributed by atoms with Crippen LogP contribution in [0.25, 0.3) is 0 Å². The lowest BCUT2D eigenvalue weighted by molar-refractivity contribution is 0.0894. The average molecular weight is 282 g/mol. The van der Waals surface area contributed by atoms with Gasteiger partial charge in [-0.3, -0.25) is 4.90 Å². The van der Waals surface area contributed by atoms with Gasteiger partial charge in [-0.05, 0) is 51.5 Å². The summed E-state index contributed by atoms with van der Waals surface area (Å²) in [5, 5.41) is 3.67. The minimum absolute atomic E-state index is 0.341. The van der Waals surface area contributed by atoms with Crippen molar-refractivity contribution in [2.24, 2.45) is 17.3 Å². The molecule has 3 heteroatoms. The standard InChI is InChI=1S/C17H34N2O/c1-14(2)9-18-11-17(7-8-20-13-17)12-19(15(3)4)10-16-5-6-16/h14-16,18H,5-13H2,1-4H3. The third-order valence-electron chi connectivity index (χ3n) is 4.70. The van der Waals surface area contributed by atoms with Crippen LogP contribution in [0.15, 0.2) is 0 Å². The van der Waals surface area contributed by atoms with E-state index in [1.165, 1.54) is 32.4 Å². The van der Waals surface area contributed by atoms with Gasteiger partial charge in [0.15, 0.2) is 0 Å². The van der Waals surface area contributed by atoms with Gasteiger partial charge in [0.2, 0.25) is 0 Å². The van der Waals surface area contributed by atoms with Gasteiger partial charge in [0.1, 0.15) is 0 Å². The van der Waals surface area contributed by atoms with Gasteiger partial charge in [-0.25, -0.2) is 0 Å². The molecule has 0 aromatic carbocycles. The molecule has 1 N–H and O–H groups in total. The van der Waals surface area contributed by atoms with Crippen LogP contribution in [0.3, 0.4) is 0 Å². The molecule has 1 atom stereocenters. The molecule has 118 valence electrons. The van der Waals surface area contributed by atoms with Crippen LogP contribution in [-0.4, -0.2) is 50.3 Å². The fourth-order valence-corrected chi connectivity index (χ4v) is 3.12. The van der Waals surface area contributed by atoms with E-state index in [0.717, 1.165) is 38.1 Å². The molecule has 1 heterocycles. The maximum atomic E-state index is 5.75. The number of nitrogens with one attached hydrogen (secondary N) is 1. The molecule has 0 aromatic rings. The number of ether oxygens (including phenoxy) is 1. The Labute approximate surface area is 125 Å². The van der Waals surface area contributed by atoms with E-state index >= 15 is 0 Å². The highest BCUT2D eigenvalue weighted by molar-refractivity contribution is 4.91. The fraction of sp³-hybridized carbons (Fsp3) is 1.00.